The van der Waals surface area contributed by atoms with Crippen molar-refractivity contribution in [3.8, 4) is 5.75 Å². The molecule has 3 aliphatic carbocycles. The summed E-state index contributed by atoms with van der Waals surface area (Å²) < 4.78 is 11.2. The van der Waals surface area contributed by atoms with Crippen molar-refractivity contribution in [3.05, 3.63) is 101 Å². The van der Waals surface area contributed by atoms with Crippen LogP contribution in [0.2, 0.25) is 0 Å². The Bertz CT molecular complexity index is 1420. The lowest BCUT2D eigenvalue weighted by atomic mass is 9.55. The number of alkyl carbamates (subject to hydrolysis) is 1. The van der Waals surface area contributed by atoms with Gasteiger partial charge >= 0.3 is 12.1 Å². The van der Waals surface area contributed by atoms with Crippen molar-refractivity contribution in [1.29, 1.82) is 0 Å². The van der Waals surface area contributed by atoms with E-state index >= 15 is 0 Å². The van der Waals surface area contributed by atoms with Crippen LogP contribution in [0.15, 0.2) is 78.9 Å². The minimum atomic E-state index is -0.906. The summed E-state index contributed by atoms with van der Waals surface area (Å²) in [7, 11) is 0. The largest absolute Gasteiger partial charge is 0.445 e. The molecule has 0 spiro atoms. The van der Waals surface area contributed by atoms with Crippen LogP contribution < -0.4 is 10.1 Å². The molecule has 6 nitrogen and oxygen atoms in total. The van der Waals surface area contributed by atoms with Gasteiger partial charge in [0.25, 0.3) is 0 Å². The highest BCUT2D eigenvalue weighted by Crippen LogP contribution is 2.59. The van der Waals surface area contributed by atoms with Crippen LogP contribution in [0.5, 0.6) is 5.75 Å². The van der Waals surface area contributed by atoms with Crippen LogP contribution in [-0.2, 0) is 33.8 Å². The molecule has 0 aromatic heterocycles. The van der Waals surface area contributed by atoms with Crippen LogP contribution in [0.4, 0.5) is 4.79 Å². The molecule has 41 heavy (non-hydrogen) atoms. The molecule has 0 saturated heterocycles. The molecule has 0 bridgehead atoms. The maximum Gasteiger partial charge on any atom is 0.408 e. The van der Waals surface area contributed by atoms with Gasteiger partial charge in [0, 0.05) is 18.3 Å². The summed E-state index contributed by atoms with van der Waals surface area (Å²) in [6.07, 6.45) is 5.33. The summed E-state index contributed by atoms with van der Waals surface area (Å²) in [5, 5.41) is 2.72. The summed E-state index contributed by atoms with van der Waals surface area (Å²) >= 11 is 0. The number of fused-ring (bicyclic) bond motifs is 5. The van der Waals surface area contributed by atoms with Crippen molar-refractivity contribution >= 4 is 17.8 Å². The molecule has 0 aliphatic heterocycles. The lowest BCUT2D eigenvalue weighted by molar-refractivity contribution is -0.136. The molecule has 1 amide bonds. The molecule has 0 radical (unpaired) electrons. The number of rotatable bonds is 7. The highest BCUT2D eigenvalue weighted by molar-refractivity contribution is 5.87. The van der Waals surface area contributed by atoms with Gasteiger partial charge in [-0.1, -0.05) is 73.7 Å². The van der Waals surface area contributed by atoms with Crippen molar-refractivity contribution in [1.82, 2.24) is 5.32 Å². The van der Waals surface area contributed by atoms with E-state index in [1.54, 1.807) is 0 Å². The van der Waals surface area contributed by atoms with Crippen molar-refractivity contribution in [2.75, 3.05) is 0 Å². The van der Waals surface area contributed by atoms with Gasteiger partial charge in [-0.15, -0.1) is 0 Å². The van der Waals surface area contributed by atoms with Crippen LogP contribution in [0.3, 0.4) is 0 Å². The quantitative estimate of drug-likeness (QED) is 0.266. The number of esters is 1. The Kier molecular flexibility index (Phi) is 7.65. The minimum absolute atomic E-state index is 0.112. The van der Waals surface area contributed by atoms with Crippen molar-refractivity contribution in [2.24, 2.45) is 17.3 Å². The Morgan fingerprint density at radius 2 is 1.66 bits per heavy atom. The highest BCUT2D eigenvalue weighted by atomic mass is 16.6. The minimum Gasteiger partial charge on any atom is -0.445 e. The number of aryl methyl sites for hydroxylation is 1. The number of carbonyl (C=O) groups excluding carboxylic acids is 3. The fourth-order valence-corrected chi connectivity index (χ4v) is 7.53. The molecule has 0 heterocycles. The average Bonchev–Trinajstić information content (AvgIpc) is 3.30. The van der Waals surface area contributed by atoms with E-state index in [1.807, 2.05) is 72.8 Å². The number of hydrogen-bond donors (Lipinski definition) is 1. The molecule has 6 rings (SSSR count). The smallest absolute Gasteiger partial charge is 0.408 e. The number of ether oxygens (including phenoxy) is 2. The first-order valence-corrected chi connectivity index (χ1v) is 14.8. The zero-order valence-corrected chi connectivity index (χ0v) is 23.5. The summed E-state index contributed by atoms with van der Waals surface area (Å²) in [6, 6.07) is 24.0. The number of nitrogens with one attached hydrogen (secondary N) is 1. The first-order valence-electron chi connectivity index (χ1n) is 14.8. The van der Waals surface area contributed by atoms with E-state index in [-0.39, 0.29) is 18.4 Å². The lowest BCUT2D eigenvalue weighted by Gasteiger charge is -2.48. The number of hydrogen-bond acceptors (Lipinski definition) is 5. The zero-order chi connectivity index (χ0) is 28.4. The average molecular weight is 552 g/mol. The van der Waals surface area contributed by atoms with Gasteiger partial charge in [-0.2, -0.15) is 0 Å². The van der Waals surface area contributed by atoms with Gasteiger partial charge < -0.3 is 14.8 Å². The predicted molar refractivity (Wildman–Crippen MR) is 155 cm³/mol. The van der Waals surface area contributed by atoms with E-state index in [0.29, 0.717) is 29.3 Å². The number of Topliss-reactive ketones (excluding diaryl/α,β-unsaturated/α-hetero) is 1. The molecule has 212 valence electrons. The van der Waals surface area contributed by atoms with Crippen LogP contribution in [0, 0.1) is 17.3 Å². The molecule has 2 saturated carbocycles. The van der Waals surface area contributed by atoms with Gasteiger partial charge in [0.15, 0.2) is 0 Å². The van der Waals surface area contributed by atoms with E-state index in [9.17, 15) is 14.4 Å². The number of carbonyl (C=O) groups is 3. The fraction of sp³-hybridized carbons (Fsp3) is 0.400. The van der Waals surface area contributed by atoms with E-state index in [2.05, 4.69) is 18.3 Å². The summed E-state index contributed by atoms with van der Waals surface area (Å²) in [6.45, 7) is 2.31. The summed E-state index contributed by atoms with van der Waals surface area (Å²) in [4.78, 5) is 38.7. The Hall–Kier alpha value is -3.93. The number of benzene rings is 3. The van der Waals surface area contributed by atoms with E-state index in [0.717, 1.165) is 49.7 Å². The van der Waals surface area contributed by atoms with Gasteiger partial charge in [-0.3, -0.25) is 4.79 Å². The van der Waals surface area contributed by atoms with Gasteiger partial charge in [0.2, 0.25) is 0 Å². The van der Waals surface area contributed by atoms with Crippen LogP contribution >= 0.6 is 0 Å². The first kappa shape index (κ1) is 27.3. The molecule has 1 N–H and O–H groups in total. The van der Waals surface area contributed by atoms with E-state index < -0.39 is 18.1 Å². The maximum absolute atomic E-state index is 13.4. The van der Waals surface area contributed by atoms with Gasteiger partial charge in [-0.25, -0.2) is 9.59 Å². The number of ketones is 1. The normalized spacial score (nSPS) is 25.3. The molecule has 3 aromatic carbocycles. The van der Waals surface area contributed by atoms with Crippen molar-refractivity contribution in [2.45, 2.75) is 70.4 Å². The van der Waals surface area contributed by atoms with Crippen LogP contribution in [-0.4, -0.2) is 23.9 Å². The molecule has 6 heteroatoms. The predicted octanol–water partition coefficient (Wildman–Crippen LogP) is 6.55. The lowest BCUT2D eigenvalue weighted by Crippen LogP contribution is -2.44. The van der Waals surface area contributed by atoms with Crippen LogP contribution in [0.25, 0.3) is 0 Å². The zero-order valence-electron chi connectivity index (χ0n) is 23.5. The Balaban J connectivity index is 1.14. The molecule has 2 fully saturated rings. The topological polar surface area (TPSA) is 81.7 Å². The third-order valence-corrected chi connectivity index (χ3v) is 9.70. The molecule has 0 unspecified atom stereocenters. The van der Waals surface area contributed by atoms with Gasteiger partial charge in [0.1, 0.15) is 24.2 Å². The number of amides is 1. The highest BCUT2D eigenvalue weighted by Gasteiger charge is 2.54. The second-order valence-electron chi connectivity index (χ2n) is 12.1. The monoisotopic (exact) mass is 551 g/mol. The Morgan fingerprint density at radius 1 is 0.927 bits per heavy atom. The molecule has 3 aliphatic rings. The van der Waals surface area contributed by atoms with Gasteiger partial charge in [-0.05, 0) is 84.2 Å². The molecule has 5 atom stereocenters. The third kappa shape index (κ3) is 5.65. The van der Waals surface area contributed by atoms with Crippen LogP contribution in [0.1, 0.15) is 67.2 Å². The summed E-state index contributed by atoms with van der Waals surface area (Å²) in [5.41, 5.74) is 4.19. The van der Waals surface area contributed by atoms with Crippen molar-refractivity contribution < 1.29 is 23.9 Å². The first-order chi connectivity index (χ1) is 19.9. The Labute approximate surface area is 241 Å². The second-order valence-corrected chi connectivity index (χ2v) is 12.1. The van der Waals surface area contributed by atoms with Gasteiger partial charge in [0.05, 0.1) is 0 Å². The Morgan fingerprint density at radius 3 is 2.41 bits per heavy atom. The maximum atomic E-state index is 13.4. The van der Waals surface area contributed by atoms with E-state index in [1.165, 1.54) is 11.1 Å². The molecular formula is C35H37NO5. The standard InChI is InChI=1S/C35H37NO5/c1-35-19-18-28-27-15-13-26(21-25(27)12-14-29(28)30(35)16-17-32(35)37)41-33(38)31(20-23-8-4-2-5-9-23)36-34(39)40-22-24-10-6-3-7-11-24/h2-11,13,15,21,28-31H,12,14,16-20,22H2,1H3,(H,36,39)/t28-,29-,30+,31+,35+/m1/s1. The molecule has 3 aromatic rings. The van der Waals surface area contributed by atoms with E-state index in [4.69, 9.17) is 9.47 Å². The second kappa shape index (κ2) is 11.5. The SMILES string of the molecule is C[C@]12CC[C@@H]3c4ccc(OC(=O)[C@H](Cc5ccccc5)NC(=O)OCc5ccccc5)cc4CC[C@H]3[C@@H]1CCC2=O. The third-order valence-electron chi connectivity index (χ3n) is 9.70. The summed E-state index contributed by atoms with van der Waals surface area (Å²) in [5.74, 6) is 1.89. The van der Waals surface area contributed by atoms with Crippen molar-refractivity contribution in [3.63, 3.8) is 0 Å². The fourth-order valence-electron chi connectivity index (χ4n) is 7.53. The molecular weight excluding hydrogens is 514 g/mol.